The van der Waals surface area contributed by atoms with Gasteiger partial charge in [-0.25, -0.2) is 0 Å². The SMILES string of the molecule is CC1(C)CC1CNCC(O)c1cc(Cl)ccc1Cl. The highest BCUT2D eigenvalue weighted by atomic mass is 35.5. The van der Waals surface area contributed by atoms with Crippen LogP contribution in [0, 0.1) is 11.3 Å². The molecular weight excluding hydrogens is 269 g/mol. The normalized spacial score (nSPS) is 22.8. The fourth-order valence-electron chi connectivity index (χ4n) is 2.20. The van der Waals surface area contributed by atoms with E-state index in [-0.39, 0.29) is 0 Å². The lowest BCUT2D eigenvalue weighted by atomic mass is 10.1. The van der Waals surface area contributed by atoms with Crippen molar-refractivity contribution in [1.82, 2.24) is 5.32 Å². The van der Waals surface area contributed by atoms with Crippen LogP contribution in [0.4, 0.5) is 0 Å². The second-order valence-corrected chi connectivity index (χ2v) is 6.57. The van der Waals surface area contributed by atoms with Crippen LogP contribution in [0.1, 0.15) is 31.9 Å². The molecule has 18 heavy (non-hydrogen) atoms. The predicted molar refractivity (Wildman–Crippen MR) is 76.2 cm³/mol. The zero-order valence-electron chi connectivity index (χ0n) is 10.7. The van der Waals surface area contributed by atoms with Gasteiger partial charge in [0.2, 0.25) is 0 Å². The molecule has 0 radical (unpaired) electrons. The van der Waals surface area contributed by atoms with E-state index in [1.165, 1.54) is 6.42 Å². The number of benzene rings is 1. The van der Waals surface area contributed by atoms with Crippen molar-refractivity contribution < 1.29 is 5.11 Å². The largest absolute Gasteiger partial charge is 0.387 e. The van der Waals surface area contributed by atoms with E-state index < -0.39 is 6.10 Å². The Morgan fingerprint density at radius 3 is 2.72 bits per heavy atom. The maximum absolute atomic E-state index is 10.1. The van der Waals surface area contributed by atoms with E-state index in [1.54, 1.807) is 18.2 Å². The van der Waals surface area contributed by atoms with Gasteiger partial charge in [-0.15, -0.1) is 0 Å². The summed E-state index contributed by atoms with van der Waals surface area (Å²) in [5.41, 5.74) is 1.15. The lowest BCUT2D eigenvalue weighted by molar-refractivity contribution is 0.174. The Kier molecular flexibility index (Phi) is 4.22. The van der Waals surface area contributed by atoms with E-state index >= 15 is 0 Å². The van der Waals surface area contributed by atoms with Crippen molar-refractivity contribution in [3.63, 3.8) is 0 Å². The molecule has 2 unspecified atom stereocenters. The molecular formula is C14H19Cl2NO. The van der Waals surface area contributed by atoms with Gasteiger partial charge in [-0.1, -0.05) is 37.0 Å². The summed E-state index contributed by atoms with van der Waals surface area (Å²) >= 11 is 11.9. The van der Waals surface area contributed by atoms with Crippen LogP contribution >= 0.6 is 23.2 Å². The molecule has 1 aliphatic rings. The maximum Gasteiger partial charge on any atom is 0.0929 e. The summed E-state index contributed by atoms with van der Waals surface area (Å²) in [7, 11) is 0. The molecule has 1 aromatic rings. The van der Waals surface area contributed by atoms with Gasteiger partial charge in [-0.3, -0.25) is 0 Å². The van der Waals surface area contributed by atoms with Crippen molar-refractivity contribution >= 4 is 23.2 Å². The smallest absolute Gasteiger partial charge is 0.0929 e. The van der Waals surface area contributed by atoms with Gasteiger partial charge >= 0.3 is 0 Å². The highest BCUT2D eigenvalue weighted by molar-refractivity contribution is 6.33. The minimum atomic E-state index is -0.613. The molecule has 1 fully saturated rings. The first-order valence-electron chi connectivity index (χ1n) is 6.24. The summed E-state index contributed by atoms with van der Waals surface area (Å²) in [6.45, 7) is 5.99. The van der Waals surface area contributed by atoms with E-state index in [0.717, 1.165) is 12.5 Å². The van der Waals surface area contributed by atoms with Gasteiger partial charge in [0.25, 0.3) is 0 Å². The van der Waals surface area contributed by atoms with Gasteiger partial charge in [-0.2, -0.15) is 0 Å². The molecule has 2 rings (SSSR count). The number of hydrogen-bond donors (Lipinski definition) is 2. The van der Waals surface area contributed by atoms with Gasteiger partial charge in [0, 0.05) is 22.2 Å². The zero-order chi connectivity index (χ0) is 13.3. The first kappa shape index (κ1) is 14.1. The topological polar surface area (TPSA) is 32.3 Å². The number of hydrogen-bond acceptors (Lipinski definition) is 2. The monoisotopic (exact) mass is 287 g/mol. The van der Waals surface area contributed by atoms with Crippen LogP contribution < -0.4 is 5.32 Å². The Labute approximate surface area is 118 Å². The third-order valence-electron chi connectivity index (χ3n) is 3.76. The Balaban J connectivity index is 1.84. The van der Waals surface area contributed by atoms with Crippen LogP contribution in [0.25, 0.3) is 0 Å². The second-order valence-electron chi connectivity index (χ2n) is 5.73. The number of aliphatic hydroxyl groups excluding tert-OH is 1. The summed E-state index contributed by atoms with van der Waals surface area (Å²) in [6.07, 6.45) is 0.645. The molecule has 2 N–H and O–H groups in total. The van der Waals surface area contributed by atoms with E-state index in [2.05, 4.69) is 19.2 Å². The van der Waals surface area contributed by atoms with E-state index in [1.807, 2.05) is 0 Å². The third-order valence-corrected chi connectivity index (χ3v) is 4.34. The Morgan fingerprint density at radius 1 is 1.44 bits per heavy atom. The van der Waals surface area contributed by atoms with Crippen LogP contribution in [-0.4, -0.2) is 18.2 Å². The second kappa shape index (κ2) is 5.38. The fourth-order valence-corrected chi connectivity index (χ4v) is 2.62. The highest BCUT2D eigenvalue weighted by Crippen LogP contribution is 2.50. The van der Waals surface area contributed by atoms with Crippen molar-refractivity contribution in [3.05, 3.63) is 33.8 Å². The molecule has 0 spiro atoms. The van der Waals surface area contributed by atoms with Crippen LogP contribution in [-0.2, 0) is 0 Å². The minimum Gasteiger partial charge on any atom is -0.387 e. The number of halogens is 2. The fraction of sp³-hybridized carbons (Fsp3) is 0.571. The lowest BCUT2D eigenvalue weighted by Crippen LogP contribution is -2.24. The van der Waals surface area contributed by atoms with Crippen LogP contribution in [0.3, 0.4) is 0 Å². The first-order valence-corrected chi connectivity index (χ1v) is 6.99. The molecule has 0 amide bonds. The minimum absolute atomic E-state index is 0.464. The summed E-state index contributed by atoms with van der Waals surface area (Å²) in [4.78, 5) is 0. The third kappa shape index (κ3) is 3.39. The van der Waals surface area contributed by atoms with Gasteiger partial charge in [0.05, 0.1) is 6.10 Å². The van der Waals surface area contributed by atoms with Crippen LogP contribution in [0.5, 0.6) is 0 Å². The molecule has 1 saturated carbocycles. The molecule has 100 valence electrons. The van der Waals surface area contributed by atoms with Gasteiger partial charge in [-0.05, 0) is 42.5 Å². The molecule has 0 heterocycles. The van der Waals surface area contributed by atoms with Gasteiger partial charge in [0.1, 0.15) is 0 Å². The number of aliphatic hydroxyl groups is 1. The van der Waals surface area contributed by atoms with Crippen molar-refractivity contribution in [2.24, 2.45) is 11.3 Å². The molecule has 1 aliphatic carbocycles. The van der Waals surface area contributed by atoms with E-state index in [0.29, 0.717) is 27.6 Å². The Hall–Kier alpha value is -0.280. The van der Waals surface area contributed by atoms with Crippen molar-refractivity contribution in [2.75, 3.05) is 13.1 Å². The quantitative estimate of drug-likeness (QED) is 0.866. The highest BCUT2D eigenvalue weighted by Gasteiger charge is 2.44. The molecule has 0 saturated heterocycles. The van der Waals surface area contributed by atoms with Gasteiger partial charge < -0.3 is 10.4 Å². The molecule has 0 aliphatic heterocycles. The molecule has 0 aromatic heterocycles. The van der Waals surface area contributed by atoms with E-state index in [4.69, 9.17) is 23.2 Å². The van der Waals surface area contributed by atoms with Crippen LogP contribution in [0.2, 0.25) is 10.0 Å². The Bertz CT molecular complexity index is 434. The number of nitrogens with one attached hydrogen (secondary N) is 1. The summed E-state index contributed by atoms with van der Waals surface area (Å²) in [6, 6.07) is 5.16. The standard InChI is InChI=1S/C14H19Cl2NO/c1-14(2)6-9(14)7-17-8-13(18)11-5-10(15)3-4-12(11)16/h3-5,9,13,17-18H,6-8H2,1-2H3. The summed E-state index contributed by atoms with van der Waals surface area (Å²) in [5.74, 6) is 0.722. The average molecular weight is 288 g/mol. The Morgan fingerprint density at radius 2 is 2.11 bits per heavy atom. The first-order chi connectivity index (χ1) is 8.40. The van der Waals surface area contributed by atoms with Gasteiger partial charge in [0.15, 0.2) is 0 Å². The van der Waals surface area contributed by atoms with E-state index in [9.17, 15) is 5.11 Å². The maximum atomic E-state index is 10.1. The predicted octanol–water partition coefficient (Wildman–Crippen LogP) is 3.66. The molecule has 0 bridgehead atoms. The molecule has 2 atom stereocenters. The van der Waals surface area contributed by atoms with Crippen molar-refractivity contribution in [1.29, 1.82) is 0 Å². The van der Waals surface area contributed by atoms with Crippen LogP contribution in [0.15, 0.2) is 18.2 Å². The van der Waals surface area contributed by atoms with Crippen molar-refractivity contribution in [2.45, 2.75) is 26.4 Å². The zero-order valence-corrected chi connectivity index (χ0v) is 12.2. The lowest BCUT2D eigenvalue weighted by Gasteiger charge is -2.14. The summed E-state index contributed by atoms with van der Waals surface area (Å²) in [5, 5.41) is 14.5. The molecule has 1 aromatic carbocycles. The average Bonchev–Trinajstić information content (AvgIpc) is 2.90. The molecule has 2 nitrogen and oxygen atoms in total. The number of rotatable bonds is 5. The molecule has 4 heteroatoms. The summed E-state index contributed by atoms with van der Waals surface area (Å²) < 4.78 is 0. The van der Waals surface area contributed by atoms with Crippen molar-refractivity contribution in [3.8, 4) is 0 Å².